The van der Waals surface area contributed by atoms with Crippen molar-refractivity contribution in [3.05, 3.63) is 22.7 Å². The number of aryl methyl sites for hydroxylation is 1. The molecule has 18 heavy (non-hydrogen) atoms. The Kier molecular flexibility index (Phi) is 5.29. The van der Waals surface area contributed by atoms with Crippen LogP contribution in [0.25, 0.3) is 0 Å². The summed E-state index contributed by atoms with van der Waals surface area (Å²) in [7, 11) is 3.23. The van der Waals surface area contributed by atoms with Gasteiger partial charge in [0.2, 0.25) is 0 Å². The third kappa shape index (κ3) is 3.79. The highest BCUT2D eigenvalue weighted by Crippen LogP contribution is 2.34. The van der Waals surface area contributed by atoms with E-state index in [1.807, 2.05) is 6.07 Å². The number of hydrogen-bond acceptors (Lipinski definition) is 3. The Labute approximate surface area is 114 Å². The average Bonchev–Trinajstić information content (AvgIpc) is 2.36. The van der Waals surface area contributed by atoms with Crippen molar-refractivity contribution < 1.29 is 9.47 Å². The molecule has 1 aromatic rings. The van der Waals surface area contributed by atoms with E-state index in [0.29, 0.717) is 23.1 Å². The third-order valence-electron chi connectivity index (χ3n) is 3.18. The van der Waals surface area contributed by atoms with Gasteiger partial charge in [0.1, 0.15) is 0 Å². The molecule has 1 aromatic carbocycles. The van der Waals surface area contributed by atoms with Crippen molar-refractivity contribution in [2.45, 2.75) is 26.7 Å². The van der Waals surface area contributed by atoms with Crippen LogP contribution in [-0.2, 0) is 6.42 Å². The summed E-state index contributed by atoms with van der Waals surface area (Å²) in [5.74, 6) is 1.37. The molecule has 3 nitrogen and oxygen atoms in total. The standard InChI is InChI=1S/C14H22ClNO2/c1-14(2,9-16)6-5-10-7-12(17-3)13(18-4)8-11(10)15/h7-8H,5-6,9,16H2,1-4H3. The van der Waals surface area contributed by atoms with E-state index in [-0.39, 0.29) is 5.41 Å². The molecule has 0 aromatic heterocycles. The van der Waals surface area contributed by atoms with E-state index in [2.05, 4.69) is 13.8 Å². The minimum atomic E-state index is 0.122. The van der Waals surface area contributed by atoms with Crippen molar-refractivity contribution in [1.82, 2.24) is 0 Å². The molecule has 0 spiro atoms. The lowest BCUT2D eigenvalue weighted by Crippen LogP contribution is -2.24. The molecule has 0 aliphatic rings. The number of benzene rings is 1. The number of halogens is 1. The molecule has 0 unspecified atom stereocenters. The minimum Gasteiger partial charge on any atom is -0.493 e. The molecule has 4 heteroatoms. The van der Waals surface area contributed by atoms with Crippen LogP contribution >= 0.6 is 11.6 Å². The number of ether oxygens (including phenoxy) is 2. The highest BCUT2D eigenvalue weighted by Gasteiger charge is 2.17. The second kappa shape index (κ2) is 6.30. The first kappa shape index (κ1) is 15.1. The Morgan fingerprint density at radius 1 is 1.17 bits per heavy atom. The summed E-state index contributed by atoms with van der Waals surface area (Å²) in [5, 5.41) is 0.709. The Bertz CT molecular complexity index is 405. The van der Waals surface area contributed by atoms with Gasteiger partial charge in [-0.3, -0.25) is 0 Å². The van der Waals surface area contributed by atoms with Gasteiger partial charge in [-0.2, -0.15) is 0 Å². The summed E-state index contributed by atoms with van der Waals surface area (Å²) in [5.41, 5.74) is 6.92. The molecule has 102 valence electrons. The van der Waals surface area contributed by atoms with Gasteiger partial charge < -0.3 is 15.2 Å². The molecule has 0 fully saturated rings. The van der Waals surface area contributed by atoms with Gasteiger partial charge in [-0.15, -0.1) is 0 Å². The van der Waals surface area contributed by atoms with Crippen LogP contribution in [0, 0.1) is 5.41 Å². The van der Waals surface area contributed by atoms with Gasteiger partial charge in [-0.25, -0.2) is 0 Å². The molecule has 0 saturated carbocycles. The number of nitrogens with two attached hydrogens (primary N) is 1. The number of hydrogen-bond donors (Lipinski definition) is 1. The summed E-state index contributed by atoms with van der Waals surface area (Å²) in [6.07, 6.45) is 1.86. The molecule has 0 heterocycles. The van der Waals surface area contributed by atoms with E-state index in [0.717, 1.165) is 18.4 Å². The highest BCUT2D eigenvalue weighted by atomic mass is 35.5. The molecule has 0 aliphatic carbocycles. The van der Waals surface area contributed by atoms with Crippen LogP contribution in [0.2, 0.25) is 5.02 Å². The topological polar surface area (TPSA) is 44.5 Å². The Balaban J connectivity index is 2.89. The van der Waals surface area contributed by atoms with Gasteiger partial charge >= 0.3 is 0 Å². The lowest BCUT2D eigenvalue weighted by Gasteiger charge is -2.22. The average molecular weight is 272 g/mol. The maximum atomic E-state index is 6.24. The maximum absolute atomic E-state index is 6.24. The molecule has 2 N–H and O–H groups in total. The van der Waals surface area contributed by atoms with Crippen molar-refractivity contribution in [2.75, 3.05) is 20.8 Å². The molecule has 1 rings (SSSR count). The second-order valence-corrected chi connectivity index (χ2v) is 5.57. The van der Waals surface area contributed by atoms with E-state index in [1.165, 1.54) is 0 Å². The van der Waals surface area contributed by atoms with E-state index in [1.54, 1.807) is 20.3 Å². The van der Waals surface area contributed by atoms with Gasteiger partial charge in [0.25, 0.3) is 0 Å². The molecule has 0 aliphatic heterocycles. The fraction of sp³-hybridized carbons (Fsp3) is 0.571. The van der Waals surface area contributed by atoms with Gasteiger partial charge in [0, 0.05) is 11.1 Å². The molecule has 0 amide bonds. The lowest BCUT2D eigenvalue weighted by molar-refractivity contribution is 0.344. The van der Waals surface area contributed by atoms with Crippen molar-refractivity contribution >= 4 is 11.6 Å². The smallest absolute Gasteiger partial charge is 0.162 e. The predicted octanol–water partition coefficient (Wildman–Crippen LogP) is 3.27. The first-order valence-electron chi connectivity index (χ1n) is 6.04. The monoisotopic (exact) mass is 271 g/mol. The molecular formula is C14H22ClNO2. The summed E-state index contributed by atoms with van der Waals surface area (Å²) in [4.78, 5) is 0. The first-order chi connectivity index (χ1) is 8.43. The van der Waals surface area contributed by atoms with Gasteiger partial charge in [-0.05, 0) is 36.4 Å². The van der Waals surface area contributed by atoms with E-state index >= 15 is 0 Å². The third-order valence-corrected chi connectivity index (χ3v) is 3.53. The zero-order valence-corrected chi connectivity index (χ0v) is 12.3. The molecule has 0 atom stereocenters. The number of methoxy groups -OCH3 is 2. The van der Waals surface area contributed by atoms with Gasteiger partial charge in [0.15, 0.2) is 11.5 Å². The Morgan fingerprint density at radius 3 is 2.22 bits per heavy atom. The normalized spacial score (nSPS) is 11.4. The maximum Gasteiger partial charge on any atom is 0.162 e. The van der Waals surface area contributed by atoms with Crippen LogP contribution in [-0.4, -0.2) is 20.8 Å². The Hall–Kier alpha value is -0.930. The van der Waals surface area contributed by atoms with Crippen LogP contribution in [0.15, 0.2) is 12.1 Å². The van der Waals surface area contributed by atoms with Gasteiger partial charge in [-0.1, -0.05) is 25.4 Å². The SMILES string of the molecule is COc1cc(Cl)c(CCC(C)(C)CN)cc1OC. The van der Waals surface area contributed by atoms with Crippen LogP contribution < -0.4 is 15.2 Å². The van der Waals surface area contributed by atoms with Crippen molar-refractivity contribution in [1.29, 1.82) is 0 Å². The molecular weight excluding hydrogens is 250 g/mol. The first-order valence-corrected chi connectivity index (χ1v) is 6.42. The van der Waals surface area contributed by atoms with Crippen molar-refractivity contribution in [3.63, 3.8) is 0 Å². The second-order valence-electron chi connectivity index (χ2n) is 5.17. The Morgan fingerprint density at radius 2 is 1.72 bits per heavy atom. The van der Waals surface area contributed by atoms with E-state index in [4.69, 9.17) is 26.8 Å². The van der Waals surface area contributed by atoms with Crippen LogP contribution in [0.5, 0.6) is 11.5 Å². The van der Waals surface area contributed by atoms with Crippen LogP contribution in [0.1, 0.15) is 25.8 Å². The quantitative estimate of drug-likeness (QED) is 0.864. The lowest BCUT2D eigenvalue weighted by atomic mass is 9.86. The number of rotatable bonds is 6. The summed E-state index contributed by atoms with van der Waals surface area (Å²) in [6, 6.07) is 3.74. The van der Waals surface area contributed by atoms with Gasteiger partial charge in [0.05, 0.1) is 14.2 Å². The predicted molar refractivity (Wildman–Crippen MR) is 75.7 cm³/mol. The largest absolute Gasteiger partial charge is 0.493 e. The zero-order valence-electron chi connectivity index (χ0n) is 11.5. The van der Waals surface area contributed by atoms with Crippen molar-refractivity contribution in [3.8, 4) is 11.5 Å². The summed E-state index contributed by atoms with van der Waals surface area (Å²) >= 11 is 6.24. The molecule has 0 bridgehead atoms. The highest BCUT2D eigenvalue weighted by molar-refractivity contribution is 6.31. The summed E-state index contributed by atoms with van der Waals surface area (Å²) in [6.45, 7) is 4.97. The zero-order chi connectivity index (χ0) is 13.8. The molecule has 0 radical (unpaired) electrons. The van der Waals surface area contributed by atoms with E-state index < -0.39 is 0 Å². The fourth-order valence-corrected chi connectivity index (χ4v) is 1.91. The van der Waals surface area contributed by atoms with Crippen LogP contribution in [0.4, 0.5) is 0 Å². The fourth-order valence-electron chi connectivity index (χ4n) is 1.66. The summed E-state index contributed by atoms with van der Waals surface area (Å²) < 4.78 is 10.5. The van der Waals surface area contributed by atoms with Crippen LogP contribution in [0.3, 0.4) is 0 Å². The molecule has 0 saturated heterocycles. The minimum absolute atomic E-state index is 0.122. The van der Waals surface area contributed by atoms with Crippen molar-refractivity contribution in [2.24, 2.45) is 11.1 Å². The van der Waals surface area contributed by atoms with E-state index in [9.17, 15) is 0 Å².